The molecule has 0 radical (unpaired) electrons. The number of aryl methyl sites for hydroxylation is 3. The Labute approximate surface area is 402 Å². The van der Waals surface area contributed by atoms with Gasteiger partial charge >= 0.3 is 0 Å². The van der Waals surface area contributed by atoms with Crippen molar-refractivity contribution in [1.82, 2.24) is 0 Å². The Kier molecular flexibility index (Phi) is 43.4. The van der Waals surface area contributed by atoms with E-state index in [1.54, 1.807) is 0 Å². The van der Waals surface area contributed by atoms with E-state index in [9.17, 15) is 0 Å². The van der Waals surface area contributed by atoms with Gasteiger partial charge in [0.15, 0.2) is 0 Å². The number of benzene rings is 5. The van der Waals surface area contributed by atoms with E-state index in [0.29, 0.717) is 11.8 Å². The molecule has 5 aromatic carbocycles. The van der Waals surface area contributed by atoms with Crippen LogP contribution in [0.3, 0.4) is 0 Å². The molecule has 0 saturated carbocycles. The summed E-state index contributed by atoms with van der Waals surface area (Å²) >= 11 is 0. The highest BCUT2D eigenvalue weighted by Gasteiger charge is 2.15. The minimum Gasteiger partial charge on any atom is -0.293 e. The fourth-order valence-electron chi connectivity index (χ4n) is 5.47. The monoisotopic (exact) mass is 873 g/mol. The smallest absolute Gasteiger partial charge is 0.0699 e. The fourth-order valence-corrected chi connectivity index (χ4v) is 5.47. The molecular weight excluding hydrogens is 785 g/mol. The van der Waals surface area contributed by atoms with Crippen LogP contribution >= 0.6 is 0 Å². The molecule has 2 heteroatoms. The highest BCUT2D eigenvalue weighted by atomic mass is 14.7. The zero-order chi connectivity index (χ0) is 50.8. The standard InChI is InChI=1S/C19H18.C15H20.C10H12.C9H11N.C3H8.3C2H6.CHN/c1-5-19(17-8-6-15(4)7-9-17)18-12-10-16(11-13-18)14(2)3;1-5-7-15(13(4)6-2)14-10-8-12(3)9-11-14;1-8(2)10-6-4-9(3)5-7-10;1-8(10-2)9-6-4-3-5-7-9;1-3-2;4*1-2/h1,6-13,19H,2H2,3-4H3;8-11,13,15H,6H2,1-4H3;4-7H,1H2,2-3H3;3-7H,1-2H3;3H2,1-2H3;3*1-2H3;1H. The summed E-state index contributed by atoms with van der Waals surface area (Å²) in [4.78, 5) is 4.08. The molecule has 0 heterocycles. The molecule has 0 aromatic heterocycles. The van der Waals surface area contributed by atoms with Crippen molar-refractivity contribution in [2.45, 2.75) is 142 Å². The quantitative estimate of drug-likeness (QED) is 0.113. The first-order valence-electron chi connectivity index (χ1n) is 23.5. The predicted molar refractivity (Wildman–Crippen MR) is 297 cm³/mol. The van der Waals surface area contributed by atoms with Gasteiger partial charge in [-0.25, -0.2) is 5.26 Å². The van der Waals surface area contributed by atoms with Crippen LogP contribution in [0.4, 0.5) is 0 Å². The van der Waals surface area contributed by atoms with Gasteiger partial charge in [0, 0.05) is 25.2 Å². The van der Waals surface area contributed by atoms with Crippen molar-refractivity contribution in [3.8, 4) is 30.8 Å². The summed E-state index contributed by atoms with van der Waals surface area (Å²) < 4.78 is 0. The summed E-state index contributed by atoms with van der Waals surface area (Å²) in [6, 6.07) is 44.0. The normalized spacial score (nSPS) is 10.4. The van der Waals surface area contributed by atoms with Gasteiger partial charge in [-0.15, -0.1) is 12.3 Å². The van der Waals surface area contributed by atoms with E-state index in [4.69, 9.17) is 11.7 Å². The van der Waals surface area contributed by atoms with Crippen molar-refractivity contribution in [3.63, 3.8) is 0 Å². The number of nitriles is 1. The Morgan fingerprint density at radius 2 is 0.892 bits per heavy atom. The van der Waals surface area contributed by atoms with Crippen LogP contribution in [0.2, 0.25) is 0 Å². The lowest BCUT2D eigenvalue weighted by Gasteiger charge is -2.18. The zero-order valence-corrected chi connectivity index (χ0v) is 44.2. The molecule has 0 aliphatic rings. The first kappa shape index (κ1) is 65.5. The number of terminal acetylenes is 1. The van der Waals surface area contributed by atoms with E-state index in [1.807, 2.05) is 94.5 Å². The van der Waals surface area contributed by atoms with Crippen LogP contribution in [0.1, 0.15) is 172 Å². The number of aliphatic imine (C=N–C) groups is 1. The minimum atomic E-state index is 0.0137. The summed E-state index contributed by atoms with van der Waals surface area (Å²) in [5.74, 6) is 10.3. The van der Waals surface area contributed by atoms with Gasteiger partial charge in [0.1, 0.15) is 0 Å². The fraction of sp³-hybridized carbons (Fsp3) is 0.365. The molecule has 3 unspecified atom stereocenters. The molecule has 0 N–H and O–H groups in total. The lowest BCUT2D eigenvalue weighted by Crippen LogP contribution is -2.06. The molecular formula is C63H88N2. The third kappa shape index (κ3) is 29.0. The van der Waals surface area contributed by atoms with Gasteiger partial charge in [0.25, 0.3) is 0 Å². The number of hydrogen-bond acceptors (Lipinski definition) is 2. The minimum absolute atomic E-state index is 0.0137. The van der Waals surface area contributed by atoms with Crippen LogP contribution < -0.4 is 0 Å². The highest BCUT2D eigenvalue weighted by molar-refractivity contribution is 5.98. The molecule has 65 heavy (non-hydrogen) atoms. The van der Waals surface area contributed by atoms with Crippen molar-refractivity contribution in [1.29, 1.82) is 5.26 Å². The van der Waals surface area contributed by atoms with E-state index in [2.05, 4.69) is 200 Å². The maximum atomic E-state index is 6.50. The van der Waals surface area contributed by atoms with E-state index in [1.165, 1.54) is 46.2 Å². The van der Waals surface area contributed by atoms with E-state index < -0.39 is 0 Å². The van der Waals surface area contributed by atoms with Gasteiger partial charge in [-0.05, 0) is 87.8 Å². The van der Waals surface area contributed by atoms with Gasteiger partial charge in [-0.3, -0.25) is 4.99 Å². The second-order valence-electron chi connectivity index (χ2n) is 14.6. The molecule has 0 aliphatic carbocycles. The number of nitrogens with zero attached hydrogens (tertiary/aromatic N) is 2. The first-order chi connectivity index (χ1) is 31.3. The van der Waals surface area contributed by atoms with Gasteiger partial charge < -0.3 is 0 Å². The van der Waals surface area contributed by atoms with Crippen LogP contribution in [0.25, 0.3) is 11.1 Å². The molecule has 0 saturated heterocycles. The molecule has 5 aromatic rings. The topological polar surface area (TPSA) is 36.1 Å². The van der Waals surface area contributed by atoms with Gasteiger partial charge in [-0.2, -0.15) is 0 Å². The van der Waals surface area contributed by atoms with E-state index in [0.717, 1.165) is 33.5 Å². The largest absolute Gasteiger partial charge is 0.293 e. The van der Waals surface area contributed by atoms with Crippen LogP contribution in [-0.2, 0) is 0 Å². The maximum Gasteiger partial charge on any atom is 0.0699 e. The van der Waals surface area contributed by atoms with Crippen molar-refractivity contribution in [2.24, 2.45) is 10.9 Å². The summed E-state index contributed by atoms with van der Waals surface area (Å²) in [6.45, 7) is 46.3. The van der Waals surface area contributed by atoms with Crippen molar-refractivity contribution < 1.29 is 0 Å². The Morgan fingerprint density at radius 3 is 1.20 bits per heavy atom. The lowest BCUT2D eigenvalue weighted by molar-refractivity contribution is 0.518. The molecule has 350 valence electrons. The number of hydrogen-bond donors (Lipinski definition) is 0. The second kappa shape index (κ2) is 43.1. The molecule has 0 fully saturated rings. The average molecular weight is 873 g/mol. The molecule has 2 nitrogen and oxygen atoms in total. The summed E-state index contributed by atoms with van der Waals surface area (Å²) in [5.41, 5.74) is 14.4. The molecule has 5 rings (SSSR count). The number of allylic oxidation sites excluding steroid dienone is 2. The van der Waals surface area contributed by atoms with Crippen LogP contribution in [0.5, 0.6) is 0 Å². The van der Waals surface area contributed by atoms with E-state index in [-0.39, 0.29) is 5.92 Å². The van der Waals surface area contributed by atoms with Gasteiger partial charge in [0.2, 0.25) is 0 Å². The molecule has 3 atom stereocenters. The number of rotatable bonds is 8. The zero-order valence-electron chi connectivity index (χ0n) is 44.2. The predicted octanol–water partition coefficient (Wildman–Crippen LogP) is 18.7. The molecule has 0 amide bonds. The van der Waals surface area contributed by atoms with Crippen LogP contribution in [0, 0.1) is 62.7 Å². The Balaban J connectivity index is -0.000000364. The highest BCUT2D eigenvalue weighted by Crippen LogP contribution is 2.27. The summed E-state index contributed by atoms with van der Waals surface area (Å²) in [7, 11) is 1.81. The van der Waals surface area contributed by atoms with Crippen LogP contribution in [-0.4, -0.2) is 12.8 Å². The Hall–Kier alpha value is -6.14. The summed E-state index contributed by atoms with van der Waals surface area (Å²) in [6.07, 6.45) is 8.13. The first-order valence-corrected chi connectivity index (χ1v) is 23.5. The molecule has 0 spiro atoms. The Morgan fingerprint density at radius 1 is 0.569 bits per heavy atom. The molecule has 0 bridgehead atoms. The van der Waals surface area contributed by atoms with Gasteiger partial charge in [0.05, 0.1) is 5.92 Å². The molecule has 0 aliphatic heterocycles. The van der Waals surface area contributed by atoms with Crippen molar-refractivity contribution >= 4 is 16.9 Å². The lowest BCUT2D eigenvalue weighted by atomic mass is 9.86. The van der Waals surface area contributed by atoms with Crippen LogP contribution in [0.15, 0.2) is 146 Å². The average Bonchev–Trinajstić information content (AvgIpc) is 3.35. The third-order valence-electron chi connectivity index (χ3n) is 9.33. The third-order valence-corrected chi connectivity index (χ3v) is 9.33. The van der Waals surface area contributed by atoms with Gasteiger partial charge in [-0.1, -0.05) is 262 Å². The SMILES string of the molecule is C#CC(c1ccc(C)cc1)c1ccc(C(=C)C)cc1.C#N.C=C(C)c1ccc(C)cc1.CC.CC.CC.CC#CC(c1ccc(C)cc1)C(C)CC.CCC.CN=C(C)c1ccccc1. The Bertz CT molecular complexity index is 2060. The second-order valence-corrected chi connectivity index (χ2v) is 14.6. The van der Waals surface area contributed by atoms with Crippen molar-refractivity contribution in [2.75, 3.05) is 7.05 Å². The summed E-state index contributed by atoms with van der Waals surface area (Å²) in [5, 5.41) is 6.50. The maximum absolute atomic E-state index is 6.50. The van der Waals surface area contributed by atoms with E-state index >= 15 is 0 Å². The van der Waals surface area contributed by atoms with Crippen molar-refractivity contribution in [3.05, 3.63) is 191 Å².